The number of nitrogens with one attached hydrogen (secondary N) is 1. The second-order valence-corrected chi connectivity index (χ2v) is 14.8. The molecule has 1 aromatic carbocycles. The van der Waals surface area contributed by atoms with Crippen molar-refractivity contribution in [2.75, 3.05) is 12.4 Å². The average Bonchev–Trinajstić information content (AvgIpc) is 3.51. The number of hydrogen-bond donors (Lipinski definition) is 2. The van der Waals surface area contributed by atoms with E-state index in [0.717, 1.165) is 10.4 Å². The molecule has 2 atom stereocenters. The van der Waals surface area contributed by atoms with E-state index < -0.39 is 70.2 Å². The number of carbonyl (C=O) groups excluding carboxylic acids is 1. The molecular weight excluding hydrogens is 667 g/mol. The van der Waals surface area contributed by atoms with Gasteiger partial charge in [0.05, 0.1) is 5.41 Å². The molecule has 7 rings (SSSR count). The number of aryl methyl sites for hydroxylation is 1. The smallest absolute Gasteiger partial charge is 0.273 e. The molecule has 2 fully saturated rings. The Morgan fingerprint density at radius 3 is 2.37 bits per heavy atom. The first-order chi connectivity index (χ1) is 23.2. The van der Waals surface area contributed by atoms with Gasteiger partial charge in [-0.25, -0.2) is 30.4 Å². The topological polar surface area (TPSA) is 123 Å². The molecule has 0 saturated heterocycles. The van der Waals surface area contributed by atoms with Crippen molar-refractivity contribution in [2.45, 2.75) is 80.3 Å². The first kappa shape index (κ1) is 34.9. The molecule has 2 saturated carbocycles. The fraction of sp³-hybridized carbons (Fsp3) is 0.441. The number of nitrogens with two attached hydrogens (primary N) is 1. The number of carbonyl (C=O) groups is 1. The van der Waals surface area contributed by atoms with Gasteiger partial charge in [-0.05, 0) is 93.3 Å². The van der Waals surface area contributed by atoms with Crippen LogP contribution >= 0.6 is 0 Å². The minimum absolute atomic E-state index is 0.00200. The van der Waals surface area contributed by atoms with Crippen molar-refractivity contribution in [3.8, 4) is 0 Å². The van der Waals surface area contributed by atoms with Crippen LogP contribution in [0.25, 0.3) is 0 Å². The summed E-state index contributed by atoms with van der Waals surface area (Å²) in [4.78, 5) is 18.8. The zero-order valence-electron chi connectivity index (χ0n) is 27.0. The van der Waals surface area contributed by atoms with Crippen molar-refractivity contribution < 1.29 is 35.2 Å². The first-order valence-electron chi connectivity index (χ1n) is 16.0. The normalized spacial score (nSPS) is 24.6. The van der Waals surface area contributed by atoms with Crippen molar-refractivity contribution in [1.82, 2.24) is 19.1 Å². The van der Waals surface area contributed by atoms with Gasteiger partial charge in [0.1, 0.15) is 11.5 Å². The van der Waals surface area contributed by atoms with Gasteiger partial charge >= 0.3 is 0 Å². The van der Waals surface area contributed by atoms with Gasteiger partial charge in [0, 0.05) is 67.7 Å². The molecule has 262 valence electrons. The molecule has 15 heteroatoms. The number of benzene rings is 1. The van der Waals surface area contributed by atoms with E-state index in [0.29, 0.717) is 22.5 Å². The summed E-state index contributed by atoms with van der Waals surface area (Å²) in [7, 11) is -1.31. The summed E-state index contributed by atoms with van der Waals surface area (Å²) in [5, 5.41) is 7.01. The van der Waals surface area contributed by atoms with Gasteiger partial charge < -0.3 is 11.1 Å². The lowest BCUT2D eigenvalue weighted by atomic mass is 9.59. The molecule has 4 aliphatic carbocycles. The summed E-state index contributed by atoms with van der Waals surface area (Å²) in [6.45, 7) is 0. The van der Waals surface area contributed by atoms with Gasteiger partial charge in [-0.1, -0.05) is 5.57 Å². The minimum Gasteiger partial charge on any atom is -0.356 e. The zero-order valence-corrected chi connectivity index (χ0v) is 27.8. The van der Waals surface area contributed by atoms with Crippen LogP contribution in [0.5, 0.6) is 0 Å². The molecule has 0 aliphatic heterocycles. The number of nitrogens with zero attached hydrogens (tertiary/aromatic N) is 4. The molecule has 3 N–H and O–H groups in total. The Labute approximate surface area is 281 Å². The third kappa shape index (κ3) is 6.43. The van der Waals surface area contributed by atoms with Crippen LogP contribution in [0.15, 0.2) is 82.8 Å². The lowest BCUT2D eigenvalue weighted by Crippen LogP contribution is -2.59. The first-order valence-corrected chi connectivity index (χ1v) is 17.4. The number of anilines is 1. The molecule has 1 spiro atoms. The molecule has 4 bridgehead atoms. The molecular formula is C34H37F5N6O3S. The summed E-state index contributed by atoms with van der Waals surface area (Å²) in [6, 6.07) is 7.30. The number of halogens is 5. The quantitative estimate of drug-likeness (QED) is 0.288. The number of Topliss-reactive ketones (excluding diaryl/α,β-unsaturated/α-hetero) is 1. The number of fused-ring (bicyclic) bond motifs is 3. The Hall–Kier alpha value is -3.95. The number of alkyl halides is 4. The fourth-order valence-electron chi connectivity index (χ4n) is 7.52. The molecule has 0 unspecified atom stereocenters. The van der Waals surface area contributed by atoms with Crippen LogP contribution < -0.4 is 11.1 Å². The Bertz CT molecular complexity index is 1920. The largest absolute Gasteiger partial charge is 0.356 e. The summed E-state index contributed by atoms with van der Waals surface area (Å²) in [6.07, 6.45) is 2.84. The van der Waals surface area contributed by atoms with Crippen LogP contribution in [0.1, 0.15) is 67.4 Å². The maximum Gasteiger partial charge on any atom is 0.273 e. The fourth-order valence-corrected chi connectivity index (χ4v) is 9.31. The van der Waals surface area contributed by atoms with Gasteiger partial charge in [-0.15, -0.1) is 0 Å². The van der Waals surface area contributed by atoms with Crippen molar-refractivity contribution in [2.24, 2.45) is 18.2 Å². The Morgan fingerprint density at radius 1 is 1.00 bits per heavy atom. The van der Waals surface area contributed by atoms with E-state index in [-0.39, 0.29) is 48.4 Å². The number of rotatable bonds is 6. The third-order valence-corrected chi connectivity index (χ3v) is 11.8. The highest BCUT2D eigenvalue weighted by Crippen LogP contribution is 2.55. The lowest BCUT2D eigenvalue weighted by molar-refractivity contribution is -0.116. The third-order valence-electron chi connectivity index (χ3n) is 9.89. The molecule has 2 aromatic heterocycles. The van der Waals surface area contributed by atoms with Crippen molar-refractivity contribution in [1.29, 1.82) is 0 Å². The molecule has 0 amide bonds. The number of pyridine rings is 1. The molecule has 4 aliphatic rings. The summed E-state index contributed by atoms with van der Waals surface area (Å²) < 4.78 is 104. The number of aromatic nitrogens is 3. The van der Waals surface area contributed by atoms with Crippen LogP contribution in [0.4, 0.5) is 27.6 Å². The van der Waals surface area contributed by atoms with E-state index in [4.69, 9.17) is 0 Å². The number of hydrogen-bond acceptors (Lipinski definition) is 7. The van der Waals surface area contributed by atoms with E-state index in [2.05, 4.69) is 21.1 Å². The Balaban J connectivity index is 0.00000205. The maximum absolute atomic E-state index is 15.4. The predicted octanol–water partition coefficient (Wildman–Crippen LogP) is 6.32. The molecule has 9 nitrogen and oxygen atoms in total. The number of allylic oxidation sites excluding steroid dienone is 3. The van der Waals surface area contributed by atoms with Gasteiger partial charge in [-0.3, -0.25) is 14.5 Å². The van der Waals surface area contributed by atoms with Gasteiger partial charge in [0.15, 0.2) is 10.8 Å². The van der Waals surface area contributed by atoms with Gasteiger partial charge in [0.25, 0.3) is 21.9 Å². The Kier molecular flexibility index (Phi) is 9.07. The van der Waals surface area contributed by atoms with Crippen molar-refractivity contribution >= 4 is 21.5 Å². The van der Waals surface area contributed by atoms with Crippen LogP contribution in [0.2, 0.25) is 0 Å². The monoisotopic (exact) mass is 704 g/mol. The highest BCUT2D eigenvalue weighted by Gasteiger charge is 2.57. The standard InChI is InChI=1S/C33H32F5N5O3S.CH5N/c1-42-13-10-29(41-42)47(45,46)43(26-18-32(35,36)19-26)25-7-2-21-14-27(40-24-5-3-23(34)4-6-24)20-8-11-33(37,38)22-9-12-39-28(15-22)30(44)31(21,16-20)17-25;1-2/h3-6,9-10,12-15,25-26,40H,2,7-8,11,16-19H2,1H3;2H2,1H3/t25-,31-;/m0./s1. The second-order valence-electron chi connectivity index (χ2n) is 13.0. The van der Waals surface area contributed by atoms with Crippen molar-refractivity contribution in [3.63, 3.8) is 0 Å². The van der Waals surface area contributed by atoms with Crippen molar-refractivity contribution in [3.05, 3.63) is 94.9 Å². The van der Waals surface area contributed by atoms with Crippen LogP contribution in [-0.4, -0.2) is 58.3 Å². The molecule has 0 radical (unpaired) electrons. The van der Waals surface area contributed by atoms with Gasteiger partial charge in [0.2, 0.25) is 0 Å². The lowest BCUT2D eigenvalue weighted by Gasteiger charge is -2.51. The van der Waals surface area contributed by atoms with Crippen LogP contribution in [0.3, 0.4) is 0 Å². The second kappa shape index (κ2) is 12.7. The van der Waals surface area contributed by atoms with E-state index in [9.17, 15) is 26.4 Å². The maximum atomic E-state index is 15.4. The molecule has 3 aromatic rings. The van der Waals surface area contributed by atoms with E-state index in [1.165, 1.54) is 60.5 Å². The number of ketones is 1. The van der Waals surface area contributed by atoms with Crippen LogP contribution in [-0.2, 0) is 23.0 Å². The van der Waals surface area contributed by atoms with Crippen LogP contribution in [0, 0.1) is 11.2 Å². The summed E-state index contributed by atoms with van der Waals surface area (Å²) in [5.41, 5.74) is 4.83. The van der Waals surface area contributed by atoms with E-state index in [1.54, 1.807) is 13.1 Å². The molecule has 49 heavy (non-hydrogen) atoms. The molecule has 2 heterocycles. The average molecular weight is 705 g/mol. The highest BCUT2D eigenvalue weighted by molar-refractivity contribution is 7.89. The Morgan fingerprint density at radius 2 is 1.71 bits per heavy atom. The van der Waals surface area contributed by atoms with Gasteiger partial charge in [-0.2, -0.15) is 9.40 Å². The number of sulfonamides is 1. The summed E-state index contributed by atoms with van der Waals surface area (Å²) >= 11 is 0. The van der Waals surface area contributed by atoms with E-state index in [1.807, 2.05) is 0 Å². The highest BCUT2D eigenvalue weighted by atomic mass is 32.2. The predicted molar refractivity (Wildman–Crippen MR) is 172 cm³/mol. The minimum atomic E-state index is -4.36. The zero-order chi connectivity index (χ0) is 35.4. The van der Waals surface area contributed by atoms with E-state index >= 15 is 8.78 Å². The summed E-state index contributed by atoms with van der Waals surface area (Å²) in [5.74, 6) is -7.26. The SMILES string of the molecule is CN.Cn1ccc(S(=O)(=O)N(C2CC(F)(F)C2)[C@H]2CCC3=CC(Nc4ccc(F)cc4)=C4CCC(F)(F)c5ccnc(c5)C(=O)[C@@]3(C4)C2)n1.